The summed E-state index contributed by atoms with van der Waals surface area (Å²) in [4.78, 5) is 38.6. The van der Waals surface area contributed by atoms with Crippen LogP contribution in [0.15, 0.2) is 36.4 Å². The zero-order valence-corrected chi connectivity index (χ0v) is 16.4. The van der Waals surface area contributed by atoms with Gasteiger partial charge in [0.15, 0.2) is 0 Å². The Balaban J connectivity index is 1.53. The first-order valence-corrected chi connectivity index (χ1v) is 10.4. The summed E-state index contributed by atoms with van der Waals surface area (Å²) in [7, 11) is 1.74. The molecule has 2 atom stereocenters. The lowest BCUT2D eigenvalue weighted by molar-refractivity contribution is -0.127. The number of thioether (sulfide) groups is 1. The predicted molar refractivity (Wildman–Crippen MR) is 107 cm³/mol. The number of amides is 3. The van der Waals surface area contributed by atoms with Crippen LogP contribution in [0, 0.1) is 0 Å². The molecule has 1 aliphatic heterocycles. The summed E-state index contributed by atoms with van der Waals surface area (Å²) < 4.78 is 1.57. The van der Waals surface area contributed by atoms with Crippen molar-refractivity contribution in [1.82, 2.24) is 20.0 Å². The fraction of sp³-hybridized carbons (Fsp3) is 0.400. The number of hydrogen-bond acceptors (Lipinski definition) is 5. The topological polar surface area (TPSA) is 84.3 Å². The number of aryl methyl sites for hydroxylation is 1. The first-order chi connectivity index (χ1) is 13.5. The Hall–Kier alpha value is -2.61. The van der Waals surface area contributed by atoms with Crippen molar-refractivity contribution in [3.05, 3.63) is 42.1 Å². The standard InChI is InChI=1S/C20H22N4O3S/c1-23-17(11-15(22-23)13-7-3-2-4-8-13)19(26)21-14-9-5-6-10-16(14)24-18(25)12-28-20(24)27/h2-4,7-8,11,14,16H,5-6,9-10,12H2,1H3,(H,21,26)/t14-,16-/m1/s1. The van der Waals surface area contributed by atoms with Crippen molar-refractivity contribution < 1.29 is 14.4 Å². The molecule has 2 aliphatic rings. The number of hydrogen-bond donors (Lipinski definition) is 1. The van der Waals surface area contributed by atoms with E-state index in [4.69, 9.17) is 0 Å². The Labute approximate surface area is 167 Å². The molecular formula is C20H22N4O3S. The second-order valence-electron chi connectivity index (χ2n) is 7.15. The van der Waals surface area contributed by atoms with E-state index in [1.807, 2.05) is 30.3 Å². The van der Waals surface area contributed by atoms with Crippen LogP contribution in [-0.2, 0) is 11.8 Å². The average Bonchev–Trinajstić information content (AvgIpc) is 3.25. The Kier molecular flexibility index (Phi) is 5.21. The molecule has 4 rings (SSSR count). The maximum Gasteiger partial charge on any atom is 0.289 e. The Morgan fingerprint density at radius 2 is 1.93 bits per heavy atom. The van der Waals surface area contributed by atoms with Crippen LogP contribution in [0.5, 0.6) is 0 Å². The van der Waals surface area contributed by atoms with Crippen LogP contribution in [-0.4, -0.2) is 49.6 Å². The van der Waals surface area contributed by atoms with Gasteiger partial charge in [0.25, 0.3) is 11.1 Å². The Morgan fingerprint density at radius 3 is 2.64 bits per heavy atom. The molecule has 1 aliphatic carbocycles. The highest BCUT2D eigenvalue weighted by Gasteiger charge is 2.41. The van der Waals surface area contributed by atoms with E-state index in [-0.39, 0.29) is 34.9 Å². The molecule has 2 heterocycles. The smallest absolute Gasteiger partial charge is 0.289 e. The fourth-order valence-electron chi connectivity index (χ4n) is 3.95. The van der Waals surface area contributed by atoms with E-state index in [9.17, 15) is 14.4 Å². The minimum atomic E-state index is -0.269. The molecule has 1 aromatic carbocycles. The number of imide groups is 1. The molecule has 1 N–H and O–H groups in total. The van der Waals surface area contributed by atoms with Crippen LogP contribution in [0.2, 0.25) is 0 Å². The first kappa shape index (κ1) is 18.7. The number of carbonyl (C=O) groups is 3. The number of nitrogens with one attached hydrogen (secondary N) is 1. The molecule has 0 radical (unpaired) electrons. The van der Waals surface area contributed by atoms with Gasteiger partial charge in [-0.05, 0) is 18.9 Å². The molecule has 1 saturated carbocycles. The first-order valence-electron chi connectivity index (χ1n) is 9.44. The zero-order chi connectivity index (χ0) is 19.7. The van der Waals surface area contributed by atoms with Crippen LogP contribution in [0.4, 0.5) is 4.79 Å². The largest absolute Gasteiger partial charge is 0.346 e. The molecule has 1 saturated heterocycles. The van der Waals surface area contributed by atoms with E-state index >= 15 is 0 Å². The third kappa shape index (κ3) is 3.56. The second kappa shape index (κ2) is 7.79. The molecule has 2 fully saturated rings. The van der Waals surface area contributed by atoms with Crippen molar-refractivity contribution in [2.75, 3.05) is 5.75 Å². The van der Waals surface area contributed by atoms with Crippen LogP contribution < -0.4 is 5.32 Å². The number of nitrogens with zero attached hydrogens (tertiary/aromatic N) is 3. The van der Waals surface area contributed by atoms with Gasteiger partial charge in [0, 0.05) is 12.6 Å². The number of carbonyl (C=O) groups excluding carboxylic acids is 3. The summed E-state index contributed by atoms with van der Waals surface area (Å²) in [6.45, 7) is 0. The van der Waals surface area contributed by atoms with Gasteiger partial charge < -0.3 is 5.32 Å². The van der Waals surface area contributed by atoms with Crippen LogP contribution in [0.1, 0.15) is 36.2 Å². The van der Waals surface area contributed by atoms with Gasteiger partial charge in [0.1, 0.15) is 5.69 Å². The van der Waals surface area contributed by atoms with Gasteiger partial charge >= 0.3 is 0 Å². The third-order valence-electron chi connectivity index (χ3n) is 5.34. The number of rotatable bonds is 4. The van der Waals surface area contributed by atoms with Gasteiger partial charge in [-0.1, -0.05) is 54.9 Å². The van der Waals surface area contributed by atoms with Gasteiger partial charge in [0.2, 0.25) is 5.91 Å². The van der Waals surface area contributed by atoms with Gasteiger partial charge in [0.05, 0.1) is 23.5 Å². The maximum absolute atomic E-state index is 12.9. The van der Waals surface area contributed by atoms with Gasteiger partial charge in [-0.25, -0.2) is 0 Å². The Morgan fingerprint density at radius 1 is 1.18 bits per heavy atom. The lowest BCUT2D eigenvalue weighted by atomic mass is 9.89. The SMILES string of the molecule is Cn1nc(-c2ccccc2)cc1C(=O)N[C@@H]1CCCC[C@H]1N1C(=O)CSC1=O. The molecule has 7 nitrogen and oxygen atoms in total. The van der Waals surface area contributed by atoms with Gasteiger partial charge in [-0.15, -0.1) is 0 Å². The van der Waals surface area contributed by atoms with Crippen LogP contribution >= 0.6 is 11.8 Å². The highest BCUT2D eigenvalue weighted by Crippen LogP contribution is 2.30. The van der Waals surface area contributed by atoms with Gasteiger partial charge in [-0.3, -0.25) is 24.0 Å². The molecule has 1 aromatic heterocycles. The fourth-order valence-corrected chi connectivity index (χ4v) is 4.71. The molecule has 8 heteroatoms. The van der Waals surface area contributed by atoms with Crippen molar-refractivity contribution >= 4 is 28.8 Å². The van der Waals surface area contributed by atoms with E-state index in [0.717, 1.165) is 48.7 Å². The summed E-state index contributed by atoms with van der Waals surface area (Å²) in [5.41, 5.74) is 2.13. The number of aromatic nitrogens is 2. The van der Waals surface area contributed by atoms with Crippen molar-refractivity contribution in [3.63, 3.8) is 0 Å². The molecule has 28 heavy (non-hydrogen) atoms. The van der Waals surface area contributed by atoms with Gasteiger partial charge in [-0.2, -0.15) is 5.10 Å². The lowest BCUT2D eigenvalue weighted by Gasteiger charge is -2.36. The summed E-state index contributed by atoms with van der Waals surface area (Å²) in [6, 6.07) is 11.0. The van der Waals surface area contributed by atoms with Crippen molar-refractivity contribution in [2.45, 2.75) is 37.8 Å². The van der Waals surface area contributed by atoms with Crippen LogP contribution in [0.3, 0.4) is 0 Å². The second-order valence-corrected chi connectivity index (χ2v) is 8.08. The van der Waals surface area contributed by atoms with E-state index in [1.54, 1.807) is 17.8 Å². The Bertz CT molecular complexity index is 895. The van der Waals surface area contributed by atoms with E-state index in [2.05, 4.69) is 10.4 Å². The lowest BCUT2D eigenvalue weighted by Crippen LogP contribution is -2.54. The zero-order valence-electron chi connectivity index (χ0n) is 15.6. The summed E-state index contributed by atoms with van der Waals surface area (Å²) in [5.74, 6) is -0.202. The number of benzene rings is 1. The maximum atomic E-state index is 12.9. The van der Waals surface area contributed by atoms with E-state index in [0.29, 0.717) is 5.69 Å². The monoisotopic (exact) mass is 398 g/mol. The molecule has 0 spiro atoms. The minimum Gasteiger partial charge on any atom is -0.346 e. The van der Waals surface area contributed by atoms with Crippen molar-refractivity contribution in [1.29, 1.82) is 0 Å². The van der Waals surface area contributed by atoms with E-state index < -0.39 is 0 Å². The highest BCUT2D eigenvalue weighted by molar-refractivity contribution is 8.14. The van der Waals surface area contributed by atoms with Crippen LogP contribution in [0.25, 0.3) is 11.3 Å². The molecule has 2 aromatic rings. The summed E-state index contributed by atoms with van der Waals surface area (Å²) in [5, 5.41) is 7.30. The summed E-state index contributed by atoms with van der Waals surface area (Å²) in [6.07, 6.45) is 3.39. The molecule has 0 unspecified atom stereocenters. The molecule has 3 amide bonds. The molecule has 146 valence electrons. The predicted octanol–water partition coefficient (Wildman–Crippen LogP) is 2.82. The third-order valence-corrected chi connectivity index (χ3v) is 6.18. The quantitative estimate of drug-likeness (QED) is 0.856. The van der Waals surface area contributed by atoms with Crippen molar-refractivity contribution in [3.8, 4) is 11.3 Å². The average molecular weight is 398 g/mol. The van der Waals surface area contributed by atoms with Crippen molar-refractivity contribution in [2.24, 2.45) is 7.05 Å². The highest BCUT2D eigenvalue weighted by atomic mass is 32.2. The van der Waals surface area contributed by atoms with E-state index in [1.165, 1.54) is 4.90 Å². The summed E-state index contributed by atoms with van der Waals surface area (Å²) >= 11 is 1.04. The molecule has 0 bridgehead atoms. The minimum absolute atomic E-state index is 0.159. The molecular weight excluding hydrogens is 376 g/mol. The normalized spacial score (nSPS) is 22.5.